The summed E-state index contributed by atoms with van der Waals surface area (Å²) in [5.74, 6) is -1.31. The van der Waals surface area contributed by atoms with Gasteiger partial charge < -0.3 is 15.2 Å². The molecule has 20 heavy (non-hydrogen) atoms. The number of ether oxygens (including phenoxy) is 1. The molecule has 1 atom stereocenters. The van der Waals surface area contributed by atoms with E-state index in [0.717, 1.165) is 25.9 Å². The Bertz CT molecular complexity index is 511. The van der Waals surface area contributed by atoms with Crippen LogP contribution in [0.3, 0.4) is 0 Å². The van der Waals surface area contributed by atoms with Gasteiger partial charge in [-0.3, -0.25) is 10.1 Å². The number of nitro benzene ring substituents is 1. The van der Waals surface area contributed by atoms with Gasteiger partial charge in [-0.05, 0) is 31.4 Å². The minimum absolute atomic E-state index is 0.104. The summed E-state index contributed by atoms with van der Waals surface area (Å²) in [6.07, 6.45) is 3.25. The molecule has 0 radical (unpaired) electrons. The summed E-state index contributed by atoms with van der Waals surface area (Å²) in [5, 5.41) is 22.8. The lowest BCUT2D eigenvalue weighted by molar-refractivity contribution is -0.385. The van der Waals surface area contributed by atoms with E-state index in [1.165, 1.54) is 18.2 Å². The van der Waals surface area contributed by atoms with Crippen molar-refractivity contribution < 1.29 is 19.6 Å². The standard InChI is InChI=1S/C13H16N2O5/c16-13(17)11-7-9(4-5-12(11)15(18)19)14-8-10-3-1-2-6-20-10/h4-5,7,10,14H,1-3,6,8H2,(H,16,17). The van der Waals surface area contributed by atoms with Gasteiger partial charge in [0.15, 0.2) is 0 Å². The van der Waals surface area contributed by atoms with Crippen LogP contribution in [0.2, 0.25) is 0 Å². The van der Waals surface area contributed by atoms with Gasteiger partial charge in [0.05, 0.1) is 11.0 Å². The second-order valence-electron chi connectivity index (χ2n) is 4.66. The smallest absolute Gasteiger partial charge is 0.342 e. The molecule has 1 aromatic carbocycles. The summed E-state index contributed by atoms with van der Waals surface area (Å²) in [4.78, 5) is 21.1. The summed E-state index contributed by atoms with van der Waals surface area (Å²) >= 11 is 0. The summed E-state index contributed by atoms with van der Waals surface area (Å²) in [6, 6.07) is 3.99. The first kappa shape index (κ1) is 14.3. The fraction of sp³-hybridized carbons (Fsp3) is 0.462. The third-order valence-electron chi connectivity index (χ3n) is 3.23. The van der Waals surface area contributed by atoms with Crippen molar-refractivity contribution in [3.63, 3.8) is 0 Å². The molecule has 7 heteroatoms. The minimum atomic E-state index is -1.31. The number of aromatic carboxylic acids is 1. The first-order valence-corrected chi connectivity index (χ1v) is 6.45. The molecule has 2 rings (SSSR count). The number of rotatable bonds is 5. The van der Waals surface area contributed by atoms with Gasteiger partial charge in [0.25, 0.3) is 5.69 Å². The van der Waals surface area contributed by atoms with Gasteiger partial charge in [-0.2, -0.15) is 0 Å². The molecule has 7 nitrogen and oxygen atoms in total. The maximum atomic E-state index is 11.0. The van der Waals surface area contributed by atoms with Gasteiger partial charge in [0, 0.05) is 24.9 Å². The van der Waals surface area contributed by atoms with Crippen LogP contribution in [0.1, 0.15) is 29.6 Å². The molecule has 1 heterocycles. The van der Waals surface area contributed by atoms with E-state index < -0.39 is 16.6 Å². The zero-order chi connectivity index (χ0) is 14.5. The Morgan fingerprint density at radius 2 is 2.30 bits per heavy atom. The largest absolute Gasteiger partial charge is 0.477 e. The molecule has 0 aliphatic carbocycles. The molecular weight excluding hydrogens is 264 g/mol. The van der Waals surface area contributed by atoms with Crippen LogP contribution in [0.25, 0.3) is 0 Å². The molecule has 1 fully saturated rings. The molecule has 0 aromatic heterocycles. The van der Waals surface area contributed by atoms with Gasteiger partial charge >= 0.3 is 5.97 Å². The molecule has 1 aromatic rings. The van der Waals surface area contributed by atoms with Crippen molar-refractivity contribution in [3.05, 3.63) is 33.9 Å². The highest BCUT2D eigenvalue weighted by atomic mass is 16.6. The zero-order valence-corrected chi connectivity index (χ0v) is 10.9. The number of nitrogens with one attached hydrogen (secondary N) is 1. The number of carbonyl (C=O) groups is 1. The molecule has 108 valence electrons. The Labute approximate surface area is 115 Å². The number of hydrogen-bond acceptors (Lipinski definition) is 5. The normalized spacial score (nSPS) is 18.5. The fourth-order valence-corrected chi connectivity index (χ4v) is 2.18. The van der Waals surface area contributed by atoms with Crippen molar-refractivity contribution in [3.8, 4) is 0 Å². The zero-order valence-electron chi connectivity index (χ0n) is 10.9. The highest BCUT2D eigenvalue weighted by Crippen LogP contribution is 2.23. The summed E-state index contributed by atoms with van der Waals surface area (Å²) < 4.78 is 5.55. The quantitative estimate of drug-likeness (QED) is 0.633. The number of nitrogens with zero attached hydrogens (tertiary/aromatic N) is 1. The molecule has 0 saturated carbocycles. The summed E-state index contributed by atoms with van der Waals surface area (Å²) in [6.45, 7) is 1.31. The molecular formula is C13H16N2O5. The molecule has 1 aliphatic heterocycles. The number of hydrogen-bond donors (Lipinski definition) is 2. The van der Waals surface area contributed by atoms with E-state index in [9.17, 15) is 14.9 Å². The molecule has 0 amide bonds. The number of anilines is 1. The van der Waals surface area contributed by atoms with Gasteiger partial charge in [0.2, 0.25) is 0 Å². The first-order chi connectivity index (χ1) is 9.58. The SMILES string of the molecule is O=C(O)c1cc(NCC2CCCCO2)ccc1[N+](=O)[O-]. The maximum absolute atomic E-state index is 11.0. The Hall–Kier alpha value is -2.15. The molecule has 0 bridgehead atoms. The van der Waals surface area contributed by atoms with Crippen LogP contribution in [0.15, 0.2) is 18.2 Å². The van der Waals surface area contributed by atoms with Gasteiger partial charge in [-0.15, -0.1) is 0 Å². The van der Waals surface area contributed by atoms with E-state index >= 15 is 0 Å². The summed E-state index contributed by atoms with van der Waals surface area (Å²) in [5.41, 5.74) is -0.177. The van der Waals surface area contributed by atoms with Crippen LogP contribution in [0.4, 0.5) is 11.4 Å². The lowest BCUT2D eigenvalue weighted by atomic mass is 10.1. The van der Waals surface area contributed by atoms with Crippen LogP contribution in [0, 0.1) is 10.1 Å². The third kappa shape index (κ3) is 3.45. The van der Waals surface area contributed by atoms with Crippen molar-refractivity contribution in [2.75, 3.05) is 18.5 Å². The van der Waals surface area contributed by atoms with Gasteiger partial charge in [0.1, 0.15) is 5.56 Å². The number of benzene rings is 1. The number of nitro groups is 1. The predicted octanol–water partition coefficient (Wildman–Crippen LogP) is 2.27. The van der Waals surface area contributed by atoms with Crippen molar-refractivity contribution in [2.45, 2.75) is 25.4 Å². The molecule has 1 saturated heterocycles. The monoisotopic (exact) mass is 280 g/mol. The third-order valence-corrected chi connectivity index (χ3v) is 3.23. The van der Waals surface area contributed by atoms with Gasteiger partial charge in [-0.25, -0.2) is 4.79 Å². The fourth-order valence-electron chi connectivity index (χ4n) is 2.18. The van der Waals surface area contributed by atoms with E-state index in [1.807, 2.05) is 0 Å². The van der Waals surface area contributed by atoms with Crippen LogP contribution in [-0.2, 0) is 4.74 Å². The number of carboxylic acids is 1. The highest BCUT2D eigenvalue weighted by molar-refractivity contribution is 5.93. The minimum Gasteiger partial charge on any atom is -0.477 e. The Morgan fingerprint density at radius 3 is 2.90 bits per heavy atom. The van der Waals surface area contributed by atoms with Crippen molar-refractivity contribution in [1.82, 2.24) is 0 Å². The van der Waals surface area contributed by atoms with E-state index in [0.29, 0.717) is 12.2 Å². The van der Waals surface area contributed by atoms with Crippen molar-refractivity contribution in [1.29, 1.82) is 0 Å². The Morgan fingerprint density at radius 1 is 1.50 bits per heavy atom. The Balaban J connectivity index is 2.06. The van der Waals surface area contributed by atoms with Crippen molar-refractivity contribution >= 4 is 17.3 Å². The van der Waals surface area contributed by atoms with Gasteiger partial charge in [-0.1, -0.05) is 0 Å². The highest BCUT2D eigenvalue weighted by Gasteiger charge is 2.20. The molecule has 2 N–H and O–H groups in total. The summed E-state index contributed by atoms with van der Waals surface area (Å²) in [7, 11) is 0. The van der Waals surface area contributed by atoms with E-state index in [2.05, 4.69) is 5.32 Å². The number of carboxylic acid groups (broad SMARTS) is 1. The topological polar surface area (TPSA) is 102 Å². The molecule has 1 aliphatic rings. The van der Waals surface area contributed by atoms with E-state index in [1.54, 1.807) is 0 Å². The van der Waals surface area contributed by atoms with E-state index in [-0.39, 0.29) is 11.7 Å². The van der Waals surface area contributed by atoms with Crippen LogP contribution >= 0.6 is 0 Å². The molecule has 0 spiro atoms. The average Bonchev–Trinajstić information content (AvgIpc) is 2.45. The van der Waals surface area contributed by atoms with E-state index in [4.69, 9.17) is 9.84 Å². The Kier molecular flexibility index (Phi) is 4.52. The molecule has 1 unspecified atom stereocenters. The van der Waals surface area contributed by atoms with Crippen LogP contribution in [-0.4, -0.2) is 35.3 Å². The first-order valence-electron chi connectivity index (χ1n) is 6.45. The second-order valence-corrected chi connectivity index (χ2v) is 4.66. The van der Waals surface area contributed by atoms with Crippen LogP contribution < -0.4 is 5.32 Å². The van der Waals surface area contributed by atoms with Crippen molar-refractivity contribution in [2.24, 2.45) is 0 Å². The maximum Gasteiger partial charge on any atom is 0.342 e. The average molecular weight is 280 g/mol. The predicted molar refractivity (Wildman–Crippen MR) is 72.1 cm³/mol. The second kappa shape index (κ2) is 6.33. The lowest BCUT2D eigenvalue weighted by Gasteiger charge is -2.23. The lowest BCUT2D eigenvalue weighted by Crippen LogP contribution is -2.27. The van der Waals surface area contributed by atoms with Crippen LogP contribution in [0.5, 0.6) is 0 Å².